The Balaban J connectivity index is 2.05. The number of H-pyrrole nitrogens is 2. The molecular formula is C14H21N5O. The van der Waals surface area contributed by atoms with Crippen molar-refractivity contribution in [2.24, 2.45) is 0 Å². The molecular weight excluding hydrogens is 254 g/mol. The van der Waals surface area contributed by atoms with Crippen LogP contribution in [0.1, 0.15) is 46.9 Å². The molecule has 1 unspecified atom stereocenters. The van der Waals surface area contributed by atoms with Crippen LogP contribution < -0.4 is 5.32 Å². The van der Waals surface area contributed by atoms with E-state index in [4.69, 9.17) is 0 Å². The maximum Gasteiger partial charge on any atom is 0.225 e. The molecule has 20 heavy (non-hydrogen) atoms. The number of carbonyl (C=O) groups is 1. The second kappa shape index (κ2) is 5.48. The lowest BCUT2D eigenvalue weighted by atomic mass is 10.1. The molecule has 0 fully saturated rings. The first-order chi connectivity index (χ1) is 9.40. The summed E-state index contributed by atoms with van der Waals surface area (Å²) in [6.07, 6.45) is 0.342. The van der Waals surface area contributed by atoms with Gasteiger partial charge in [0.2, 0.25) is 5.91 Å². The summed E-state index contributed by atoms with van der Waals surface area (Å²) < 4.78 is 0. The predicted molar refractivity (Wildman–Crippen MR) is 76.4 cm³/mol. The SMILES string of the molecule is Cc1n[nH]c(C)c1CC(=O)NC(C)c1c(C)n[nH]c1C. The molecule has 0 aliphatic rings. The zero-order valence-electron chi connectivity index (χ0n) is 12.6. The second-order valence-electron chi connectivity index (χ2n) is 5.23. The molecule has 0 bridgehead atoms. The van der Waals surface area contributed by atoms with E-state index in [0.29, 0.717) is 6.42 Å². The van der Waals surface area contributed by atoms with Gasteiger partial charge in [-0.3, -0.25) is 15.0 Å². The molecule has 3 N–H and O–H groups in total. The number of nitrogens with zero attached hydrogens (tertiary/aromatic N) is 2. The fraction of sp³-hybridized carbons (Fsp3) is 0.500. The van der Waals surface area contributed by atoms with Crippen LogP contribution in [0.2, 0.25) is 0 Å². The Labute approximate surface area is 118 Å². The monoisotopic (exact) mass is 275 g/mol. The van der Waals surface area contributed by atoms with Gasteiger partial charge in [0.1, 0.15) is 0 Å². The number of carbonyl (C=O) groups excluding carboxylic acids is 1. The van der Waals surface area contributed by atoms with E-state index in [1.165, 1.54) is 0 Å². The number of amides is 1. The highest BCUT2D eigenvalue weighted by molar-refractivity contribution is 5.79. The van der Waals surface area contributed by atoms with Gasteiger partial charge in [0.15, 0.2) is 0 Å². The van der Waals surface area contributed by atoms with Crippen molar-refractivity contribution in [2.75, 3.05) is 0 Å². The molecule has 0 radical (unpaired) electrons. The van der Waals surface area contributed by atoms with E-state index in [1.54, 1.807) is 0 Å². The standard InChI is InChI=1S/C14H21N5O/c1-7-12(8(2)17-16-7)6-13(20)15-9(3)14-10(4)18-19-11(14)5/h9H,6H2,1-5H3,(H,15,20)(H,16,17)(H,18,19). The van der Waals surface area contributed by atoms with Gasteiger partial charge >= 0.3 is 0 Å². The quantitative estimate of drug-likeness (QED) is 0.795. The average molecular weight is 275 g/mol. The smallest absolute Gasteiger partial charge is 0.225 e. The van der Waals surface area contributed by atoms with Gasteiger partial charge in [-0.05, 0) is 34.6 Å². The van der Waals surface area contributed by atoms with Gasteiger partial charge in [-0.25, -0.2) is 0 Å². The van der Waals surface area contributed by atoms with Crippen LogP contribution in [0.5, 0.6) is 0 Å². The summed E-state index contributed by atoms with van der Waals surface area (Å²) in [5, 5.41) is 17.1. The van der Waals surface area contributed by atoms with Crippen LogP contribution in [0.3, 0.4) is 0 Å². The lowest BCUT2D eigenvalue weighted by Crippen LogP contribution is -2.29. The molecule has 6 nitrogen and oxygen atoms in total. The first kappa shape index (κ1) is 14.3. The average Bonchev–Trinajstić information content (AvgIpc) is 2.86. The summed E-state index contributed by atoms with van der Waals surface area (Å²) in [7, 11) is 0. The van der Waals surface area contributed by atoms with Crippen LogP contribution in [0.25, 0.3) is 0 Å². The largest absolute Gasteiger partial charge is 0.349 e. The van der Waals surface area contributed by atoms with Crippen molar-refractivity contribution >= 4 is 5.91 Å². The Morgan fingerprint density at radius 1 is 1.10 bits per heavy atom. The van der Waals surface area contributed by atoms with Crippen molar-refractivity contribution in [3.8, 4) is 0 Å². The van der Waals surface area contributed by atoms with Crippen LogP contribution >= 0.6 is 0 Å². The number of aryl methyl sites for hydroxylation is 4. The Morgan fingerprint density at radius 3 is 2.20 bits per heavy atom. The van der Waals surface area contributed by atoms with Crippen LogP contribution in [-0.2, 0) is 11.2 Å². The number of hydrogen-bond donors (Lipinski definition) is 3. The van der Waals surface area contributed by atoms with Crippen LogP contribution in [0.15, 0.2) is 0 Å². The van der Waals surface area contributed by atoms with Gasteiger partial charge in [0, 0.05) is 22.5 Å². The lowest BCUT2D eigenvalue weighted by molar-refractivity contribution is -0.121. The zero-order valence-corrected chi connectivity index (χ0v) is 12.6. The third-order valence-corrected chi connectivity index (χ3v) is 3.61. The fourth-order valence-corrected chi connectivity index (χ4v) is 2.56. The number of nitrogens with one attached hydrogen (secondary N) is 3. The van der Waals surface area contributed by atoms with E-state index < -0.39 is 0 Å². The van der Waals surface area contributed by atoms with Crippen LogP contribution in [0.4, 0.5) is 0 Å². The maximum atomic E-state index is 12.2. The Bertz CT molecular complexity index is 587. The highest BCUT2D eigenvalue weighted by Gasteiger charge is 2.18. The molecule has 1 atom stereocenters. The summed E-state index contributed by atoms with van der Waals surface area (Å²) >= 11 is 0. The van der Waals surface area contributed by atoms with Crippen LogP contribution in [0, 0.1) is 27.7 Å². The Morgan fingerprint density at radius 2 is 1.70 bits per heavy atom. The molecule has 0 saturated carbocycles. The molecule has 0 saturated heterocycles. The minimum absolute atomic E-state index is 0.00917. The summed E-state index contributed by atoms with van der Waals surface area (Å²) in [4.78, 5) is 12.2. The van der Waals surface area contributed by atoms with Gasteiger partial charge in [0.25, 0.3) is 0 Å². The Hall–Kier alpha value is -2.11. The number of rotatable bonds is 4. The van der Waals surface area contributed by atoms with Crippen LogP contribution in [-0.4, -0.2) is 26.3 Å². The third kappa shape index (κ3) is 2.74. The van der Waals surface area contributed by atoms with Gasteiger partial charge in [-0.1, -0.05) is 0 Å². The van der Waals surface area contributed by atoms with E-state index in [9.17, 15) is 4.79 Å². The van der Waals surface area contributed by atoms with Crippen molar-refractivity contribution < 1.29 is 4.79 Å². The minimum atomic E-state index is -0.0613. The van der Waals surface area contributed by atoms with E-state index in [2.05, 4.69) is 25.7 Å². The second-order valence-corrected chi connectivity index (χ2v) is 5.23. The highest BCUT2D eigenvalue weighted by atomic mass is 16.1. The predicted octanol–water partition coefficient (Wildman–Crippen LogP) is 1.79. The molecule has 2 aromatic rings. The molecule has 1 amide bonds. The summed E-state index contributed by atoms with van der Waals surface area (Å²) in [6.45, 7) is 9.70. The molecule has 108 valence electrons. The molecule has 6 heteroatoms. The highest BCUT2D eigenvalue weighted by Crippen LogP contribution is 2.19. The normalized spacial score (nSPS) is 12.4. The van der Waals surface area contributed by atoms with E-state index in [-0.39, 0.29) is 11.9 Å². The molecule has 0 aromatic carbocycles. The van der Waals surface area contributed by atoms with Crippen molar-refractivity contribution in [3.05, 3.63) is 33.9 Å². The van der Waals surface area contributed by atoms with E-state index in [0.717, 1.165) is 33.9 Å². The lowest BCUT2D eigenvalue weighted by Gasteiger charge is -2.14. The fourth-order valence-electron chi connectivity index (χ4n) is 2.56. The van der Waals surface area contributed by atoms with Crippen molar-refractivity contribution in [2.45, 2.75) is 47.1 Å². The minimum Gasteiger partial charge on any atom is -0.349 e. The summed E-state index contributed by atoms with van der Waals surface area (Å²) in [6, 6.07) is -0.0613. The molecule has 0 spiro atoms. The van der Waals surface area contributed by atoms with Gasteiger partial charge < -0.3 is 5.32 Å². The van der Waals surface area contributed by atoms with Gasteiger partial charge in [0.05, 0.1) is 23.9 Å². The van der Waals surface area contributed by atoms with Gasteiger partial charge in [-0.2, -0.15) is 10.2 Å². The topological polar surface area (TPSA) is 86.5 Å². The first-order valence-corrected chi connectivity index (χ1v) is 6.71. The van der Waals surface area contributed by atoms with Crippen molar-refractivity contribution in [3.63, 3.8) is 0 Å². The molecule has 2 heterocycles. The van der Waals surface area contributed by atoms with Crippen molar-refractivity contribution in [1.29, 1.82) is 0 Å². The van der Waals surface area contributed by atoms with Crippen molar-refractivity contribution in [1.82, 2.24) is 25.7 Å². The number of aromatic amines is 2. The molecule has 0 aliphatic carbocycles. The summed E-state index contributed by atoms with van der Waals surface area (Å²) in [5.41, 5.74) is 5.76. The zero-order chi connectivity index (χ0) is 14.9. The molecule has 0 aliphatic heterocycles. The van der Waals surface area contributed by atoms with E-state index in [1.807, 2.05) is 34.6 Å². The number of hydrogen-bond acceptors (Lipinski definition) is 3. The summed E-state index contributed by atoms with van der Waals surface area (Å²) in [5.74, 6) is -0.00917. The van der Waals surface area contributed by atoms with Gasteiger partial charge in [-0.15, -0.1) is 0 Å². The maximum absolute atomic E-state index is 12.2. The molecule has 2 aromatic heterocycles. The molecule has 2 rings (SSSR count). The number of aromatic nitrogens is 4. The Kier molecular flexibility index (Phi) is 3.92. The third-order valence-electron chi connectivity index (χ3n) is 3.61. The van der Waals surface area contributed by atoms with E-state index >= 15 is 0 Å². The first-order valence-electron chi connectivity index (χ1n) is 6.71.